The number of amides is 1. The summed E-state index contributed by atoms with van der Waals surface area (Å²) in [7, 11) is 0. The molecule has 0 fully saturated rings. The number of carbonyl (C=O) groups excluding carboxylic acids is 1. The molecule has 30 heavy (non-hydrogen) atoms. The van der Waals surface area contributed by atoms with E-state index in [-0.39, 0.29) is 24.5 Å². The van der Waals surface area contributed by atoms with Crippen molar-refractivity contribution in [1.82, 2.24) is 20.2 Å². The molecule has 154 valence electrons. The minimum Gasteiger partial charge on any atom is -0.344 e. The van der Waals surface area contributed by atoms with Crippen LogP contribution in [0, 0.1) is 18.3 Å². The first kappa shape index (κ1) is 20.2. The second-order valence-electron chi connectivity index (χ2n) is 8.37. The van der Waals surface area contributed by atoms with E-state index in [0.29, 0.717) is 18.9 Å². The fourth-order valence-corrected chi connectivity index (χ4v) is 4.42. The van der Waals surface area contributed by atoms with Crippen LogP contribution in [0.4, 0.5) is 0 Å². The standard InChI is InChI=1S/C25H28N4O/c1-4-11-27-25(30)22-14-18-15-29(16-19-8-5-6-12-26-19)23-10-7-9-20(24(18)23)21(28-22)13-17(2)3/h1,5-10,12,15,17,21-22,28H,11,13-14,16H2,2-3H3,(H,27,30). The summed E-state index contributed by atoms with van der Waals surface area (Å²) >= 11 is 0. The summed E-state index contributed by atoms with van der Waals surface area (Å²) < 4.78 is 2.25. The lowest BCUT2D eigenvalue weighted by molar-refractivity contribution is -0.123. The summed E-state index contributed by atoms with van der Waals surface area (Å²) in [5, 5.41) is 7.73. The minimum atomic E-state index is -0.316. The van der Waals surface area contributed by atoms with Crippen LogP contribution in [-0.4, -0.2) is 28.0 Å². The van der Waals surface area contributed by atoms with Gasteiger partial charge in [0.2, 0.25) is 5.91 Å². The van der Waals surface area contributed by atoms with Gasteiger partial charge >= 0.3 is 0 Å². The molecule has 0 spiro atoms. The average molecular weight is 401 g/mol. The number of benzene rings is 1. The van der Waals surface area contributed by atoms with Crippen LogP contribution in [0.5, 0.6) is 0 Å². The topological polar surface area (TPSA) is 59.0 Å². The van der Waals surface area contributed by atoms with Crippen molar-refractivity contribution in [3.8, 4) is 12.3 Å². The quantitative estimate of drug-likeness (QED) is 0.623. The molecule has 2 unspecified atom stereocenters. The van der Waals surface area contributed by atoms with Crippen molar-refractivity contribution in [1.29, 1.82) is 0 Å². The van der Waals surface area contributed by atoms with Gasteiger partial charge in [0.05, 0.1) is 24.8 Å². The van der Waals surface area contributed by atoms with E-state index in [1.165, 1.54) is 22.0 Å². The van der Waals surface area contributed by atoms with Gasteiger partial charge in [0.1, 0.15) is 0 Å². The van der Waals surface area contributed by atoms with Crippen molar-refractivity contribution in [3.05, 3.63) is 65.6 Å². The highest BCUT2D eigenvalue weighted by atomic mass is 16.2. The van der Waals surface area contributed by atoms with E-state index in [2.05, 4.69) is 64.3 Å². The normalized spacial score (nSPS) is 18.2. The Morgan fingerprint density at radius 3 is 2.93 bits per heavy atom. The Hall–Kier alpha value is -3.10. The summed E-state index contributed by atoms with van der Waals surface area (Å²) in [6.07, 6.45) is 10.9. The zero-order chi connectivity index (χ0) is 21.1. The predicted octanol–water partition coefficient (Wildman–Crippen LogP) is 3.44. The summed E-state index contributed by atoms with van der Waals surface area (Å²) in [4.78, 5) is 17.3. The zero-order valence-electron chi connectivity index (χ0n) is 17.6. The number of aromatic nitrogens is 2. The summed E-state index contributed by atoms with van der Waals surface area (Å²) in [6, 6.07) is 12.3. The fourth-order valence-electron chi connectivity index (χ4n) is 4.42. The lowest BCUT2D eigenvalue weighted by atomic mass is 9.94. The van der Waals surface area contributed by atoms with Gasteiger partial charge in [-0.25, -0.2) is 0 Å². The molecule has 3 aromatic rings. The third-order valence-electron chi connectivity index (χ3n) is 5.67. The number of terminal acetylenes is 1. The van der Waals surface area contributed by atoms with Gasteiger partial charge in [0, 0.05) is 29.3 Å². The predicted molar refractivity (Wildman–Crippen MR) is 120 cm³/mol. The molecule has 4 rings (SSSR count). The fraction of sp³-hybridized carbons (Fsp3) is 0.360. The third-order valence-corrected chi connectivity index (χ3v) is 5.67. The van der Waals surface area contributed by atoms with Gasteiger partial charge in [-0.2, -0.15) is 0 Å². The van der Waals surface area contributed by atoms with E-state index in [1.54, 1.807) is 0 Å². The molecule has 0 aliphatic carbocycles. The Morgan fingerprint density at radius 2 is 2.20 bits per heavy atom. The number of pyridine rings is 1. The first-order chi connectivity index (χ1) is 14.6. The molecule has 1 aromatic carbocycles. The van der Waals surface area contributed by atoms with Crippen LogP contribution in [0.3, 0.4) is 0 Å². The van der Waals surface area contributed by atoms with Crippen LogP contribution in [0.1, 0.15) is 43.1 Å². The van der Waals surface area contributed by atoms with Gasteiger partial charge in [0.15, 0.2) is 0 Å². The molecule has 2 N–H and O–H groups in total. The van der Waals surface area contributed by atoms with Crippen LogP contribution in [0.2, 0.25) is 0 Å². The number of hydrogen-bond acceptors (Lipinski definition) is 3. The SMILES string of the molecule is C#CCNC(=O)C1Cc2cn(Cc3ccccn3)c3cccc(c23)C(CC(C)C)N1. The van der Waals surface area contributed by atoms with E-state index in [0.717, 1.165) is 12.1 Å². The van der Waals surface area contributed by atoms with Gasteiger partial charge in [-0.1, -0.05) is 38.0 Å². The summed E-state index contributed by atoms with van der Waals surface area (Å²) in [5.74, 6) is 2.96. The minimum absolute atomic E-state index is 0.0415. The van der Waals surface area contributed by atoms with Crippen LogP contribution >= 0.6 is 0 Å². The lowest BCUT2D eigenvalue weighted by Crippen LogP contribution is -2.46. The van der Waals surface area contributed by atoms with E-state index < -0.39 is 0 Å². The van der Waals surface area contributed by atoms with Crippen molar-refractivity contribution < 1.29 is 4.79 Å². The number of hydrogen-bond donors (Lipinski definition) is 2. The molecule has 1 aliphatic heterocycles. The zero-order valence-corrected chi connectivity index (χ0v) is 17.6. The van der Waals surface area contributed by atoms with Crippen molar-refractivity contribution in [2.24, 2.45) is 5.92 Å². The molecule has 1 amide bonds. The Labute approximate surface area is 177 Å². The van der Waals surface area contributed by atoms with E-state index in [1.807, 2.05) is 24.4 Å². The van der Waals surface area contributed by atoms with Crippen LogP contribution in [0.25, 0.3) is 10.9 Å². The highest BCUT2D eigenvalue weighted by Crippen LogP contribution is 2.36. The molecule has 2 atom stereocenters. The second kappa shape index (κ2) is 8.73. The second-order valence-corrected chi connectivity index (χ2v) is 8.37. The van der Waals surface area contributed by atoms with Gasteiger partial charge in [-0.15, -0.1) is 6.42 Å². The highest BCUT2D eigenvalue weighted by Gasteiger charge is 2.30. The molecule has 1 aliphatic rings. The van der Waals surface area contributed by atoms with Crippen LogP contribution in [-0.2, 0) is 17.8 Å². The molecule has 3 heterocycles. The third kappa shape index (κ3) is 4.10. The molecule has 0 saturated carbocycles. The molecule has 0 saturated heterocycles. The number of nitrogens with zero attached hydrogens (tertiary/aromatic N) is 2. The van der Waals surface area contributed by atoms with Crippen LogP contribution in [0.15, 0.2) is 48.8 Å². The van der Waals surface area contributed by atoms with Gasteiger partial charge in [-0.05, 0) is 48.1 Å². The van der Waals surface area contributed by atoms with E-state index in [9.17, 15) is 4.79 Å². The highest BCUT2D eigenvalue weighted by molar-refractivity contribution is 5.90. The monoisotopic (exact) mass is 400 g/mol. The van der Waals surface area contributed by atoms with E-state index >= 15 is 0 Å². The molecule has 0 radical (unpaired) electrons. The Kier molecular flexibility index (Phi) is 5.87. The largest absolute Gasteiger partial charge is 0.344 e. The maximum absolute atomic E-state index is 12.8. The van der Waals surface area contributed by atoms with Crippen LogP contribution < -0.4 is 10.6 Å². The average Bonchev–Trinajstić information content (AvgIpc) is 3.00. The molecule has 2 aromatic heterocycles. The van der Waals surface area contributed by atoms with Crippen molar-refractivity contribution in [2.75, 3.05) is 6.54 Å². The number of carbonyl (C=O) groups is 1. The summed E-state index contributed by atoms with van der Waals surface area (Å²) in [5.41, 5.74) is 4.66. The maximum atomic E-state index is 12.8. The van der Waals surface area contributed by atoms with Crippen molar-refractivity contribution in [2.45, 2.75) is 45.3 Å². The maximum Gasteiger partial charge on any atom is 0.238 e. The van der Waals surface area contributed by atoms with Gasteiger partial charge < -0.3 is 9.88 Å². The summed E-state index contributed by atoms with van der Waals surface area (Å²) in [6.45, 7) is 5.38. The number of rotatable bonds is 6. The molecule has 5 nitrogen and oxygen atoms in total. The lowest BCUT2D eigenvalue weighted by Gasteiger charge is -2.25. The van der Waals surface area contributed by atoms with Crippen molar-refractivity contribution >= 4 is 16.8 Å². The molecular weight excluding hydrogens is 372 g/mol. The molecule has 5 heteroatoms. The molecular formula is C25H28N4O. The van der Waals surface area contributed by atoms with Crippen molar-refractivity contribution in [3.63, 3.8) is 0 Å². The Morgan fingerprint density at radius 1 is 1.33 bits per heavy atom. The Bertz CT molecular complexity index is 1080. The molecule has 0 bridgehead atoms. The smallest absolute Gasteiger partial charge is 0.238 e. The number of nitrogens with one attached hydrogen (secondary N) is 2. The Balaban J connectivity index is 1.77. The van der Waals surface area contributed by atoms with Gasteiger partial charge in [0.25, 0.3) is 0 Å². The first-order valence-corrected chi connectivity index (χ1v) is 10.5. The first-order valence-electron chi connectivity index (χ1n) is 10.5. The van der Waals surface area contributed by atoms with E-state index in [4.69, 9.17) is 6.42 Å². The van der Waals surface area contributed by atoms with Gasteiger partial charge in [-0.3, -0.25) is 15.1 Å².